The molecule has 0 fully saturated rings. The number of benzene rings is 1. The van der Waals surface area contributed by atoms with Gasteiger partial charge in [0.25, 0.3) is 0 Å². The summed E-state index contributed by atoms with van der Waals surface area (Å²) in [5.74, 6) is 0. The maximum atomic E-state index is 6.02. The Morgan fingerprint density at radius 1 is 1.24 bits per heavy atom. The van der Waals surface area contributed by atoms with Gasteiger partial charge in [-0.05, 0) is 37.0 Å². The fourth-order valence-corrected chi connectivity index (χ4v) is 2.12. The smallest absolute Gasteiger partial charge is 0.0702 e. The zero-order valence-electron chi connectivity index (χ0n) is 10.4. The van der Waals surface area contributed by atoms with Gasteiger partial charge in [0.1, 0.15) is 0 Å². The number of hydrogen-bond donors (Lipinski definition) is 1. The van der Waals surface area contributed by atoms with E-state index in [1.165, 1.54) is 10.9 Å². The van der Waals surface area contributed by atoms with Crippen LogP contribution in [0.2, 0.25) is 0 Å². The van der Waals surface area contributed by atoms with E-state index in [2.05, 4.69) is 30.1 Å². The van der Waals surface area contributed by atoms with E-state index in [9.17, 15) is 0 Å². The fourth-order valence-electron chi connectivity index (χ4n) is 2.12. The first-order valence-corrected chi connectivity index (χ1v) is 6.39. The first kappa shape index (κ1) is 12.1. The fraction of sp³-hybridized carbons (Fsp3) is 0.400. The average molecular weight is 228 g/mol. The molecule has 17 heavy (non-hydrogen) atoms. The maximum absolute atomic E-state index is 6.02. The Bertz CT molecular complexity index is 479. The molecule has 0 saturated carbocycles. The normalized spacial score (nSPS) is 12.8. The van der Waals surface area contributed by atoms with Crippen LogP contribution in [0.15, 0.2) is 36.5 Å². The summed E-state index contributed by atoms with van der Waals surface area (Å²) in [6, 6.07) is 10.8. The number of nitrogens with two attached hydrogens (primary N) is 1. The third kappa shape index (κ3) is 3.27. The minimum Gasteiger partial charge on any atom is -0.328 e. The highest BCUT2D eigenvalue weighted by molar-refractivity contribution is 5.78. The molecule has 2 aromatic rings. The van der Waals surface area contributed by atoms with E-state index >= 15 is 0 Å². The molecular weight excluding hydrogens is 208 g/mol. The van der Waals surface area contributed by atoms with Crippen molar-refractivity contribution in [2.75, 3.05) is 0 Å². The third-order valence-corrected chi connectivity index (χ3v) is 3.11. The minimum atomic E-state index is 0.325. The van der Waals surface area contributed by atoms with E-state index < -0.39 is 0 Å². The molecule has 0 aliphatic carbocycles. The molecule has 1 heterocycles. The summed E-state index contributed by atoms with van der Waals surface area (Å²) in [6.07, 6.45) is 6.33. The van der Waals surface area contributed by atoms with Gasteiger partial charge in [0.2, 0.25) is 0 Å². The van der Waals surface area contributed by atoms with Gasteiger partial charge in [-0.1, -0.05) is 31.5 Å². The largest absolute Gasteiger partial charge is 0.328 e. The Morgan fingerprint density at radius 3 is 2.88 bits per heavy atom. The van der Waals surface area contributed by atoms with Gasteiger partial charge in [0.05, 0.1) is 5.52 Å². The van der Waals surface area contributed by atoms with Crippen LogP contribution in [0.5, 0.6) is 0 Å². The SMILES string of the molecule is CCCC(N)CCc1cnc2ccccc2c1. The highest BCUT2D eigenvalue weighted by Crippen LogP contribution is 2.14. The highest BCUT2D eigenvalue weighted by atomic mass is 14.7. The molecule has 2 N–H and O–H groups in total. The zero-order chi connectivity index (χ0) is 12.1. The van der Waals surface area contributed by atoms with Crippen LogP contribution >= 0.6 is 0 Å². The van der Waals surface area contributed by atoms with Crippen LogP contribution in [0.4, 0.5) is 0 Å². The second kappa shape index (κ2) is 5.78. The molecule has 1 unspecified atom stereocenters. The topological polar surface area (TPSA) is 38.9 Å². The number of hydrogen-bond acceptors (Lipinski definition) is 2. The van der Waals surface area contributed by atoms with Crippen LogP contribution < -0.4 is 5.73 Å². The lowest BCUT2D eigenvalue weighted by molar-refractivity contribution is 0.561. The zero-order valence-corrected chi connectivity index (χ0v) is 10.4. The second-order valence-corrected chi connectivity index (χ2v) is 4.62. The van der Waals surface area contributed by atoms with Gasteiger partial charge in [-0.25, -0.2) is 0 Å². The van der Waals surface area contributed by atoms with Gasteiger partial charge in [0.15, 0.2) is 0 Å². The molecule has 90 valence electrons. The summed E-state index contributed by atoms with van der Waals surface area (Å²) < 4.78 is 0. The molecule has 0 aliphatic rings. The van der Waals surface area contributed by atoms with Gasteiger partial charge in [-0.3, -0.25) is 4.98 Å². The van der Waals surface area contributed by atoms with Crippen LogP contribution in [0.3, 0.4) is 0 Å². The van der Waals surface area contributed by atoms with E-state index in [0.29, 0.717) is 6.04 Å². The van der Waals surface area contributed by atoms with Gasteiger partial charge in [0, 0.05) is 17.6 Å². The van der Waals surface area contributed by atoms with Crippen molar-refractivity contribution in [2.45, 2.75) is 38.6 Å². The number of fused-ring (bicyclic) bond motifs is 1. The van der Waals surface area contributed by atoms with E-state index in [1.807, 2.05) is 18.3 Å². The number of aromatic nitrogens is 1. The van der Waals surface area contributed by atoms with Crippen molar-refractivity contribution >= 4 is 10.9 Å². The molecule has 0 bridgehead atoms. The van der Waals surface area contributed by atoms with Crippen molar-refractivity contribution in [1.82, 2.24) is 4.98 Å². The van der Waals surface area contributed by atoms with Crippen LogP contribution in [-0.2, 0) is 6.42 Å². The molecule has 0 amide bonds. The Morgan fingerprint density at radius 2 is 2.06 bits per heavy atom. The van der Waals surface area contributed by atoms with Gasteiger partial charge in [-0.15, -0.1) is 0 Å². The lowest BCUT2D eigenvalue weighted by Gasteiger charge is -2.10. The summed E-state index contributed by atoms with van der Waals surface area (Å²) in [6.45, 7) is 2.18. The van der Waals surface area contributed by atoms with E-state index in [4.69, 9.17) is 5.73 Å². The number of rotatable bonds is 5. The number of para-hydroxylation sites is 1. The Labute approximate surface area is 103 Å². The third-order valence-electron chi connectivity index (χ3n) is 3.11. The van der Waals surface area contributed by atoms with Crippen molar-refractivity contribution in [3.8, 4) is 0 Å². The van der Waals surface area contributed by atoms with Crippen LogP contribution in [-0.4, -0.2) is 11.0 Å². The standard InChI is InChI=1S/C15H20N2/c1-2-5-14(16)9-8-12-10-13-6-3-4-7-15(13)17-11-12/h3-4,6-7,10-11,14H,2,5,8-9,16H2,1H3. The maximum Gasteiger partial charge on any atom is 0.0702 e. The molecule has 2 heteroatoms. The van der Waals surface area contributed by atoms with Gasteiger partial charge >= 0.3 is 0 Å². The Balaban J connectivity index is 2.04. The molecule has 2 nitrogen and oxygen atoms in total. The summed E-state index contributed by atoms with van der Waals surface area (Å²) in [7, 11) is 0. The molecule has 0 spiro atoms. The quantitative estimate of drug-likeness (QED) is 0.852. The summed E-state index contributed by atoms with van der Waals surface area (Å²) in [5.41, 5.74) is 8.38. The highest BCUT2D eigenvalue weighted by Gasteiger charge is 2.03. The van der Waals surface area contributed by atoms with E-state index in [-0.39, 0.29) is 0 Å². The molecule has 0 saturated heterocycles. The predicted molar refractivity (Wildman–Crippen MR) is 72.9 cm³/mol. The number of aryl methyl sites for hydroxylation is 1. The molecule has 2 rings (SSSR count). The number of nitrogens with zero attached hydrogens (tertiary/aromatic N) is 1. The van der Waals surface area contributed by atoms with Crippen molar-refractivity contribution in [3.63, 3.8) is 0 Å². The second-order valence-electron chi connectivity index (χ2n) is 4.62. The summed E-state index contributed by atoms with van der Waals surface area (Å²) in [5, 5.41) is 1.22. The van der Waals surface area contributed by atoms with E-state index in [1.54, 1.807) is 0 Å². The van der Waals surface area contributed by atoms with Crippen molar-refractivity contribution in [2.24, 2.45) is 5.73 Å². The Kier molecular flexibility index (Phi) is 4.10. The number of pyridine rings is 1. The molecule has 1 aromatic carbocycles. The van der Waals surface area contributed by atoms with Crippen LogP contribution in [0.1, 0.15) is 31.7 Å². The summed E-state index contributed by atoms with van der Waals surface area (Å²) >= 11 is 0. The predicted octanol–water partition coefficient (Wildman–Crippen LogP) is 3.29. The molecular formula is C15H20N2. The molecule has 0 radical (unpaired) electrons. The molecule has 1 aromatic heterocycles. The monoisotopic (exact) mass is 228 g/mol. The van der Waals surface area contributed by atoms with Crippen molar-refractivity contribution in [3.05, 3.63) is 42.1 Å². The van der Waals surface area contributed by atoms with Crippen molar-refractivity contribution in [1.29, 1.82) is 0 Å². The van der Waals surface area contributed by atoms with E-state index in [0.717, 1.165) is 31.2 Å². The van der Waals surface area contributed by atoms with Gasteiger partial charge in [-0.2, -0.15) is 0 Å². The van der Waals surface area contributed by atoms with Crippen LogP contribution in [0.25, 0.3) is 10.9 Å². The average Bonchev–Trinajstić information content (AvgIpc) is 2.36. The lowest BCUT2D eigenvalue weighted by Crippen LogP contribution is -2.20. The Hall–Kier alpha value is -1.41. The first-order valence-electron chi connectivity index (χ1n) is 6.39. The minimum absolute atomic E-state index is 0.325. The van der Waals surface area contributed by atoms with Gasteiger partial charge < -0.3 is 5.73 Å². The molecule has 0 aliphatic heterocycles. The lowest BCUT2D eigenvalue weighted by atomic mass is 10.0. The van der Waals surface area contributed by atoms with Crippen LogP contribution in [0, 0.1) is 0 Å². The first-order chi connectivity index (χ1) is 8.29. The summed E-state index contributed by atoms with van der Waals surface area (Å²) in [4.78, 5) is 4.46. The molecule has 1 atom stereocenters. The van der Waals surface area contributed by atoms with Crippen molar-refractivity contribution < 1.29 is 0 Å².